The number of amides is 11. The monoisotopic (exact) mass is 1330 g/mol. The first-order valence-electron chi connectivity index (χ1n) is 32.7. The van der Waals surface area contributed by atoms with Crippen LogP contribution in [-0.2, 0) is 65.6 Å². The van der Waals surface area contributed by atoms with Gasteiger partial charge in [-0.1, -0.05) is 97.4 Å². The maximum atomic E-state index is 14.5. The summed E-state index contributed by atoms with van der Waals surface area (Å²) in [5.74, 6) is -5.36. The lowest BCUT2D eigenvalue weighted by atomic mass is 9.84. The van der Waals surface area contributed by atoms with Crippen LogP contribution < -0.4 is 54.0 Å². The fourth-order valence-electron chi connectivity index (χ4n) is 11.4. The maximum absolute atomic E-state index is 14.5. The number of rotatable bonds is 39. The van der Waals surface area contributed by atoms with E-state index in [1.807, 2.05) is 54.5 Å². The Labute approximate surface area is 558 Å². The zero-order valence-corrected chi connectivity index (χ0v) is 58.0. The van der Waals surface area contributed by atoms with Crippen LogP contribution >= 0.6 is 11.3 Å². The number of urea groups is 1. The molecule has 0 aliphatic carbocycles. The molecule has 1 aromatic heterocycles. The fraction of sp³-hybridized carbons (Fsp3) is 0.627. The number of carbonyl (C=O) groups excluding carboxylic acids is 10. The van der Waals surface area contributed by atoms with Crippen molar-refractivity contribution in [2.45, 2.75) is 194 Å². The predicted molar refractivity (Wildman–Crippen MR) is 359 cm³/mol. The van der Waals surface area contributed by atoms with Crippen LogP contribution in [0.3, 0.4) is 0 Å². The molecule has 27 heteroatoms. The van der Waals surface area contributed by atoms with Crippen LogP contribution in [0.5, 0.6) is 0 Å². The Hall–Kier alpha value is -7.75. The van der Waals surface area contributed by atoms with Crippen LogP contribution in [0.2, 0.25) is 0 Å². The summed E-state index contributed by atoms with van der Waals surface area (Å²) in [4.78, 5) is 142. The fourth-order valence-corrected chi connectivity index (χ4v) is 12.1. The van der Waals surface area contributed by atoms with Gasteiger partial charge in [0.2, 0.25) is 47.3 Å². The molecule has 94 heavy (non-hydrogen) atoms. The van der Waals surface area contributed by atoms with Gasteiger partial charge in [0.15, 0.2) is 0 Å². The highest BCUT2D eigenvalue weighted by molar-refractivity contribution is 7.09. The Morgan fingerprint density at radius 3 is 2.02 bits per heavy atom. The molecular weight excluding hydrogens is 1230 g/mol. The van der Waals surface area contributed by atoms with Crippen molar-refractivity contribution in [2.24, 2.45) is 41.1 Å². The molecule has 1 aliphatic heterocycles. The van der Waals surface area contributed by atoms with E-state index >= 15 is 0 Å². The minimum absolute atomic E-state index is 0.00281. The van der Waals surface area contributed by atoms with Crippen molar-refractivity contribution >= 4 is 76.4 Å². The molecule has 11 amide bonds. The van der Waals surface area contributed by atoms with Crippen LogP contribution in [0.15, 0.2) is 66.2 Å². The highest BCUT2D eigenvalue weighted by Gasteiger charge is 2.43. The van der Waals surface area contributed by atoms with Gasteiger partial charge >= 0.3 is 12.1 Å². The van der Waals surface area contributed by atoms with Crippen molar-refractivity contribution in [3.05, 3.63) is 82.3 Å². The highest BCUT2D eigenvalue weighted by atomic mass is 32.1. The molecule has 0 bridgehead atoms. The molecule has 0 radical (unpaired) electrons. The topological polar surface area (TPSA) is 366 Å². The van der Waals surface area contributed by atoms with E-state index in [9.17, 15) is 47.9 Å². The van der Waals surface area contributed by atoms with Crippen LogP contribution in [0.4, 0.5) is 15.3 Å². The SMILES string of the molecule is CC[C@H](C)[C@H](CN(C)C(=O)[C@@H](NC(=O)C(C)(C)NC(=O)OCc1ccc(NC(=O)[C@H](CCCNC(N)=O)NC(=O)[C@@H](NC(=O)[C@H](CCCCN)NC(C)=O)C(C)C)cc1)C(C)C)[C@@H](CC(=O)N1CCC[C@H]1[C@H](OC)[C@@H](C)C(=O)N[C@@H](Cc1ccccc1)c1nccs1)OC. The van der Waals surface area contributed by atoms with E-state index < -0.39 is 95.4 Å². The minimum Gasteiger partial charge on any atom is -0.445 e. The van der Waals surface area contributed by atoms with Crippen LogP contribution in [0.1, 0.15) is 149 Å². The molecule has 0 spiro atoms. The van der Waals surface area contributed by atoms with Crippen molar-refractivity contribution in [1.82, 2.24) is 52.0 Å². The van der Waals surface area contributed by atoms with Crippen LogP contribution in [0.25, 0.3) is 0 Å². The number of likely N-dealkylation sites (N-methyl/N-ethyl adjacent to an activating group) is 1. The normalized spacial score (nSPS) is 16.3. The van der Waals surface area contributed by atoms with Crippen molar-refractivity contribution in [3.63, 3.8) is 0 Å². The molecule has 26 nitrogen and oxygen atoms in total. The second-order valence-corrected chi connectivity index (χ2v) is 26.5. The van der Waals surface area contributed by atoms with Gasteiger partial charge in [0.05, 0.1) is 36.6 Å². The van der Waals surface area contributed by atoms with Crippen molar-refractivity contribution in [3.8, 4) is 0 Å². The number of primary amides is 1. The van der Waals surface area contributed by atoms with E-state index in [2.05, 4.69) is 54.4 Å². The number of likely N-dealkylation sites (tertiary alicyclic amines) is 1. The molecule has 12 N–H and O–H groups in total. The van der Waals surface area contributed by atoms with Gasteiger partial charge in [-0.25, -0.2) is 14.6 Å². The summed E-state index contributed by atoms with van der Waals surface area (Å²) in [6.07, 6.45) is 4.06. The number of benzene rings is 2. The standard InChI is InChI=1S/C67H105N13O13S/c1-14-42(6)48(53(91-12)37-54(82)80-34-21-26-52(80)57(92-13)43(7)58(83)75-51(62-70-33-35-94-62)36-45-22-16-15-17-23-45)38-79(11)63(87)56(41(4)5)77-64(88)67(9,10)78-66(90)93-39-46-27-29-47(30-28-46)73-59(84)50(25-20-32-71-65(69)89)74-61(86)55(40(2)3)76-60(85)49(72-44(8)81)24-18-19-31-68/h15-17,22-23,27-30,33,35,40-43,48-53,55-57H,14,18-21,24-26,31-32,34,36-39,68H2,1-13H3,(H,72,81)(H,73,84)(H,74,86)(H,75,83)(H,76,85)(H,77,88)(H,78,90)(H3,69,71,89)/t42-,43+,48-,49-,50-,51-,52-,53+,55-,56-,57+/m0/s1. The summed E-state index contributed by atoms with van der Waals surface area (Å²) in [5, 5.41) is 24.7. The number of nitrogens with one attached hydrogen (secondary N) is 8. The third-order valence-corrected chi connectivity index (χ3v) is 18.1. The molecule has 11 atom stereocenters. The van der Waals surface area contributed by atoms with E-state index in [1.54, 1.807) is 84.3 Å². The van der Waals surface area contributed by atoms with Crippen LogP contribution in [0, 0.1) is 29.6 Å². The second-order valence-electron chi connectivity index (χ2n) is 25.6. The first-order chi connectivity index (χ1) is 44.5. The quantitative estimate of drug-likeness (QED) is 0.0328. The molecule has 0 saturated carbocycles. The van der Waals surface area contributed by atoms with Gasteiger partial charge in [-0.2, -0.15) is 0 Å². The van der Waals surface area contributed by atoms with Gasteiger partial charge in [-0.3, -0.25) is 38.4 Å². The van der Waals surface area contributed by atoms with E-state index in [-0.39, 0.29) is 86.5 Å². The number of carbonyl (C=O) groups is 10. The van der Waals surface area contributed by atoms with Gasteiger partial charge in [0.25, 0.3) is 0 Å². The minimum atomic E-state index is -1.57. The molecule has 3 aromatic rings. The lowest BCUT2D eigenvalue weighted by Crippen LogP contribution is -2.60. The maximum Gasteiger partial charge on any atom is 0.408 e. The summed E-state index contributed by atoms with van der Waals surface area (Å²) < 4.78 is 17.7. The summed E-state index contributed by atoms with van der Waals surface area (Å²) >= 11 is 1.48. The molecule has 522 valence electrons. The third-order valence-electron chi connectivity index (χ3n) is 17.2. The number of anilines is 1. The second kappa shape index (κ2) is 39.2. The van der Waals surface area contributed by atoms with Crippen molar-refractivity contribution < 1.29 is 62.2 Å². The Morgan fingerprint density at radius 2 is 1.44 bits per heavy atom. The van der Waals surface area contributed by atoms with Gasteiger partial charge < -0.3 is 78.0 Å². The number of hydrogen-bond acceptors (Lipinski definition) is 16. The summed E-state index contributed by atoms with van der Waals surface area (Å²) in [6.45, 7) is 18.2. The van der Waals surface area contributed by atoms with Crippen molar-refractivity contribution in [1.29, 1.82) is 0 Å². The molecule has 1 saturated heterocycles. The van der Waals surface area contributed by atoms with Gasteiger partial charge in [-0.15, -0.1) is 11.3 Å². The van der Waals surface area contributed by atoms with E-state index in [0.717, 1.165) is 23.4 Å². The average molecular weight is 1330 g/mol. The smallest absolute Gasteiger partial charge is 0.408 e. The Kier molecular flexibility index (Phi) is 32.8. The lowest BCUT2D eigenvalue weighted by molar-refractivity contribution is -0.144. The summed E-state index contributed by atoms with van der Waals surface area (Å²) in [5.41, 5.74) is 11.2. The number of nitrogens with zero attached hydrogens (tertiary/aromatic N) is 3. The molecule has 1 fully saturated rings. The first kappa shape index (κ1) is 78.7. The van der Waals surface area contributed by atoms with Crippen molar-refractivity contribution in [2.75, 3.05) is 52.8 Å². The number of thiazole rings is 1. The number of hydrogen-bond donors (Lipinski definition) is 10. The number of methoxy groups -OCH3 is 2. The number of nitrogens with two attached hydrogens (primary N) is 2. The molecule has 2 aromatic carbocycles. The Bertz CT molecular complexity index is 2920. The summed E-state index contributed by atoms with van der Waals surface area (Å²) in [6, 6.07) is 10.6. The van der Waals surface area contributed by atoms with E-state index in [1.165, 1.54) is 32.1 Å². The average Bonchev–Trinajstić information content (AvgIpc) is 1.49. The molecule has 4 rings (SSSR count). The highest BCUT2D eigenvalue weighted by Crippen LogP contribution is 2.32. The predicted octanol–water partition coefficient (Wildman–Crippen LogP) is 5.20. The third kappa shape index (κ3) is 24.9. The molecule has 1 aliphatic rings. The first-order valence-corrected chi connectivity index (χ1v) is 33.5. The number of aromatic nitrogens is 1. The van der Waals surface area contributed by atoms with Gasteiger partial charge in [0, 0.05) is 71.0 Å². The van der Waals surface area contributed by atoms with Gasteiger partial charge in [0.1, 0.15) is 41.3 Å². The van der Waals surface area contributed by atoms with Gasteiger partial charge in [-0.05, 0) is 113 Å². The molecule has 0 unspecified atom stereocenters. The zero-order chi connectivity index (χ0) is 69.8. The molecular formula is C67H105N13O13S. The van der Waals surface area contributed by atoms with Crippen LogP contribution in [-0.4, -0.2) is 170 Å². The Morgan fingerprint density at radius 1 is 0.777 bits per heavy atom. The number of alkyl carbamates (subject to hydrolysis) is 1. The number of unbranched alkanes of at least 4 members (excludes halogenated alkanes) is 1. The largest absolute Gasteiger partial charge is 0.445 e. The summed E-state index contributed by atoms with van der Waals surface area (Å²) in [7, 11) is 4.78. The lowest BCUT2D eigenvalue weighted by Gasteiger charge is -2.38. The Balaban J connectivity index is 1.36. The molecule has 2 heterocycles. The van der Waals surface area contributed by atoms with E-state index in [0.29, 0.717) is 56.4 Å². The number of ether oxygens (including phenoxy) is 3. The van der Waals surface area contributed by atoms with E-state index in [4.69, 9.17) is 25.7 Å². The zero-order valence-electron chi connectivity index (χ0n) is 57.2.